The average Bonchev–Trinajstić information content (AvgIpc) is 2.89. The Balaban J connectivity index is 1.63. The minimum atomic E-state index is -0.202. The molecular formula is C14H17ClN4OS. The van der Waals surface area contributed by atoms with Crippen molar-refractivity contribution >= 4 is 39.1 Å². The van der Waals surface area contributed by atoms with Gasteiger partial charge in [-0.15, -0.1) is 11.3 Å². The quantitative estimate of drug-likeness (QED) is 0.877. The second-order valence-electron chi connectivity index (χ2n) is 5.46. The number of rotatable bonds is 4. The van der Waals surface area contributed by atoms with Crippen LogP contribution in [-0.4, -0.2) is 33.9 Å². The molecule has 2 aromatic heterocycles. The Hall–Kier alpha value is -1.24. The summed E-state index contributed by atoms with van der Waals surface area (Å²) in [6.45, 7) is 2.60. The molecule has 1 aliphatic rings. The lowest BCUT2D eigenvalue weighted by atomic mass is 9.93. The Morgan fingerprint density at radius 1 is 1.43 bits per heavy atom. The van der Waals surface area contributed by atoms with Crippen LogP contribution in [0.5, 0.6) is 0 Å². The molecule has 0 aliphatic carbocycles. The molecule has 3 rings (SSSR count). The standard InChI is InChI=1S/C14H17ClN4OS/c15-13-10-3-6-21-14(10)18-12(17-13)8-19-4-1-9(2-5-19)7-11(16)20/h3,6,9H,1-2,4-5,7-8H2,(H2,16,20). The normalized spacial score (nSPS) is 17.4. The lowest BCUT2D eigenvalue weighted by molar-refractivity contribution is -0.119. The fourth-order valence-electron chi connectivity index (χ4n) is 2.76. The van der Waals surface area contributed by atoms with Gasteiger partial charge in [0.15, 0.2) is 0 Å². The third-order valence-corrected chi connectivity index (χ3v) is 4.98. The molecule has 0 bridgehead atoms. The largest absolute Gasteiger partial charge is 0.370 e. The van der Waals surface area contributed by atoms with Crippen molar-refractivity contribution in [2.75, 3.05) is 13.1 Å². The van der Waals surface area contributed by atoms with Crippen molar-refractivity contribution in [3.63, 3.8) is 0 Å². The summed E-state index contributed by atoms with van der Waals surface area (Å²) in [5, 5.41) is 3.43. The van der Waals surface area contributed by atoms with Crippen molar-refractivity contribution in [2.45, 2.75) is 25.8 Å². The number of carbonyl (C=O) groups is 1. The zero-order valence-electron chi connectivity index (χ0n) is 11.6. The predicted molar refractivity (Wildman–Crippen MR) is 84.2 cm³/mol. The number of aromatic nitrogens is 2. The van der Waals surface area contributed by atoms with Crippen molar-refractivity contribution in [2.24, 2.45) is 11.7 Å². The Kier molecular flexibility index (Phi) is 4.37. The first kappa shape index (κ1) is 14.7. The number of halogens is 1. The third-order valence-electron chi connectivity index (χ3n) is 3.89. The summed E-state index contributed by atoms with van der Waals surface area (Å²) in [6, 6.07) is 1.95. The molecule has 5 nitrogen and oxygen atoms in total. The highest BCUT2D eigenvalue weighted by Crippen LogP contribution is 2.26. The van der Waals surface area contributed by atoms with E-state index in [4.69, 9.17) is 17.3 Å². The average molecular weight is 325 g/mol. The second kappa shape index (κ2) is 6.25. The maximum absolute atomic E-state index is 11.0. The molecule has 7 heteroatoms. The zero-order chi connectivity index (χ0) is 14.8. The minimum absolute atomic E-state index is 0.202. The van der Waals surface area contributed by atoms with Crippen LogP contribution in [0, 0.1) is 5.92 Å². The number of nitrogens with zero attached hydrogens (tertiary/aromatic N) is 3. The van der Waals surface area contributed by atoms with E-state index in [1.54, 1.807) is 11.3 Å². The first-order valence-electron chi connectivity index (χ1n) is 7.02. The molecule has 1 fully saturated rings. The summed E-state index contributed by atoms with van der Waals surface area (Å²) >= 11 is 7.77. The summed E-state index contributed by atoms with van der Waals surface area (Å²) in [4.78, 5) is 23.1. The lowest BCUT2D eigenvalue weighted by Gasteiger charge is -2.30. The molecule has 1 aliphatic heterocycles. The van der Waals surface area contributed by atoms with Gasteiger partial charge in [-0.05, 0) is 43.3 Å². The van der Waals surface area contributed by atoms with Crippen molar-refractivity contribution in [3.8, 4) is 0 Å². The monoisotopic (exact) mass is 324 g/mol. The van der Waals surface area contributed by atoms with Gasteiger partial charge < -0.3 is 5.73 Å². The Bertz CT molecular complexity index is 651. The smallest absolute Gasteiger partial charge is 0.217 e. The zero-order valence-corrected chi connectivity index (χ0v) is 13.2. The molecule has 2 aromatic rings. The van der Waals surface area contributed by atoms with Crippen LogP contribution in [0.4, 0.5) is 0 Å². The number of hydrogen-bond donors (Lipinski definition) is 1. The van der Waals surface area contributed by atoms with E-state index < -0.39 is 0 Å². The van der Waals surface area contributed by atoms with Crippen LogP contribution in [0.2, 0.25) is 5.15 Å². The summed E-state index contributed by atoms with van der Waals surface area (Å²) < 4.78 is 0. The number of carbonyl (C=O) groups excluding carboxylic acids is 1. The Morgan fingerprint density at radius 3 is 2.90 bits per heavy atom. The molecule has 21 heavy (non-hydrogen) atoms. The van der Waals surface area contributed by atoms with Crippen LogP contribution in [0.15, 0.2) is 11.4 Å². The first-order chi connectivity index (χ1) is 10.1. The number of piperidine rings is 1. The number of amides is 1. The van der Waals surface area contributed by atoms with Gasteiger partial charge in [0, 0.05) is 11.8 Å². The maximum atomic E-state index is 11.0. The second-order valence-corrected chi connectivity index (χ2v) is 6.71. The highest BCUT2D eigenvalue weighted by atomic mass is 35.5. The third kappa shape index (κ3) is 3.51. The molecular weight excluding hydrogens is 308 g/mol. The van der Waals surface area contributed by atoms with Crippen molar-refractivity contribution in [1.82, 2.24) is 14.9 Å². The van der Waals surface area contributed by atoms with Crippen molar-refractivity contribution < 1.29 is 4.79 Å². The Labute approximate surface area is 132 Å². The van der Waals surface area contributed by atoms with E-state index >= 15 is 0 Å². The van der Waals surface area contributed by atoms with Gasteiger partial charge in [-0.2, -0.15) is 0 Å². The van der Waals surface area contributed by atoms with E-state index in [-0.39, 0.29) is 5.91 Å². The topological polar surface area (TPSA) is 72.1 Å². The van der Waals surface area contributed by atoms with Gasteiger partial charge in [0.25, 0.3) is 0 Å². The van der Waals surface area contributed by atoms with E-state index in [9.17, 15) is 4.79 Å². The molecule has 3 heterocycles. The minimum Gasteiger partial charge on any atom is -0.370 e. The van der Waals surface area contributed by atoms with Gasteiger partial charge in [-0.1, -0.05) is 11.6 Å². The molecule has 112 valence electrons. The lowest BCUT2D eigenvalue weighted by Crippen LogP contribution is -2.35. The summed E-state index contributed by atoms with van der Waals surface area (Å²) in [5.41, 5.74) is 5.25. The number of thiophene rings is 1. The van der Waals surface area contributed by atoms with Crippen LogP contribution in [-0.2, 0) is 11.3 Å². The predicted octanol–water partition coefficient (Wildman–Crippen LogP) is 2.43. The molecule has 0 unspecified atom stereocenters. The molecule has 1 amide bonds. The molecule has 0 aromatic carbocycles. The van der Waals surface area contributed by atoms with Gasteiger partial charge in [0.05, 0.1) is 6.54 Å². The van der Waals surface area contributed by atoms with Gasteiger partial charge >= 0.3 is 0 Å². The molecule has 0 saturated carbocycles. The van der Waals surface area contributed by atoms with Crippen LogP contribution < -0.4 is 5.73 Å². The SMILES string of the molecule is NC(=O)CC1CCN(Cc2nc(Cl)c3ccsc3n2)CC1. The molecule has 0 atom stereocenters. The summed E-state index contributed by atoms with van der Waals surface area (Å²) in [5.74, 6) is 0.984. The first-order valence-corrected chi connectivity index (χ1v) is 8.28. The molecule has 1 saturated heterocycles. The van der Waals surface area contributed by atoms with Crippen LogP contribution in [0.25, 0.3) is 10.2 Å². The number of fused-ring (bicyclic) bond motifs is 1. The molecule has 0 radical (unpaired) electrons. The van der Waals surface area contributed by atoms with E-state index in [0.717, 1.165) is 42.0 Å². The number of hydrogen-bond acceptors (Lipinski definition) is 5. The van der Waals surface area contributed by atoms with Gasteiger partial charge in [-0.25, -0.2) is 9.97 Å². The summed E-state index contributed by atoms with van der Waals surface area (Å²) in [7, 11) is 0. The van der Waals surface area contributed by atoms with Gasteiger partial charge in [0.2, 0.25) is 5.91 Å². The summed E-state index contributed by atoms with van der Waals surface area (Å²) in [6.07, 6.45) is 2.49. The maximum Gasteiger partial charge on any atom is 0.217 e. The van der Waals surface area contributed by atoms with Crippen LogP contribution in [0.1, 0.15) is 25.1 Å². The van der Waals surface area contributed by atoms with Gasteiger partial charge in [-0.3, -0.25) is 9.69 Å². The highest BCUT2D eigenvalue weighted by molar-refractivity contribution is 7.16. The van der Waals surface area contributed by atoms with E-state index in [1.165, 1.54) is 0 Å². The number of nitrogens with two attached hydrogens (primary N) is 1. The van der Waals surface area contributed by atoms with E-state index in [1.807, 2.05) is 11.4 Å². The number of primary amides is 1. The Morgan fingerprint density at radius 2 is 2.19 bits per heavy atom. The van der Waals surface area contributed by atoms with Crippen LogP contribution >= 0.6 is 22.9 Å². The highest BCUT2D eigenvalue weighted by Gasteiger charge is 2.21. The van der Waals surface area contributed by atoms with E-state index in [2.05, 4.69) is 14.9 Å². The van der Waals surface area contributed by atoms with Crippen LogP contribution in [0.3, 0.4) is 0 Å². The molecule has 2 N–H and O–H groups in total. The number of likely N-dealkylation sites (tertiary alicyclic amines) is 1. The van der Waals surface area contributed by atoms with Gasteiger partial charge in [0.1, 0.15) is 15.8 Å². The fourth-order valence-corrected chi connectivity index (χ4v) is 3.85. The molecule has 0 spiro atoms. The fraction of sp³-hybridized carbons (Fsp3) is 0.500. The van der Waals surface area contributed by atoms with E-state index in [0.29, 0.717) is 24.0 Å². The van der Waals surface area contributed by atoms with Crippen molar-refractivity contribution in [1.29, 1.82) is 0 Å². The van der Waals surface area contributed by atoms with Crippen molar-refractivity contribution in [3.05, 3.63) is 22.4 Å².